The van der Waals surface area contributed by atoms with Gasteiger partial charge in [0.1, 0.15) is 22.9 Å². The molecular weight excluding hydrogens is 709 g/mol. The molecule has 6 heterocycles. The Kier molecular flexibility index (Phi) is 13.2. The van der Waals surface area contributed by atoms with Gasteiger partial charge in [0.05, 0.1) is 11.1 Å². The lowest BCUT2D eigenvalue weighted by molar-refractivity contribution is 0.367. The van der Waals surface area contributed by atoms with E-state index in [9.17, 15) is 19.2 Å². The summed E-state index contributed by atoms with van der Waals surface area (Å²) in [6, 6.07) is 7.17. The van der Waals surface area contributed by atoms with Gasteiger partial charge in [0.15, 0.2) is 0 Å². The van der Waals surface area contributed by atoms with Crippen molar-refractivity contribution in [2.75, 3.05) is 0 Å². The van der Waals surface area contributed by atoms with Gasteiger partial charge in [-0.1, -0.05) is 0 Å². The zero-order chi connectivity index (χ0) is 42.9. The van der Waals surface area contributed by atoms with E-state index in [0.717, 1.165) is 44.3 Å². The molecule has 0 saturated carbocycles. The van der Waals surface area contributed by atoms with Crippen LogP contribution in [0, 0.1) is 27.7 Å². The molecule has 0 aliphatic heterocycles. The fraction of sp³-hybridized carbons (Fsp3) is 0.524. The zero-order valence-corrected chi connectivity index (χ0v) is 36.7. The Labute approximate surface area is 329 Å². The predicted molar refractivity (Wildman–Crippen MR) is 226 cm³/mol. The largest absolute Gasteiger partial charge is 0.348 e. The summed E-state index contributed by atoms with van der Waals surface area (Å²) in [4.78, 5) is 63.2. The van der Waals surface area contributed by atoms with Crippen molar-refractivity contribution in [3.8, 4) is 0 Å². The third kappa shape index (κ3) is 10.5. The molecule has 0 radical (unpaired) electrons. The molecule has 0 bridgehead atoms. The first-order chi connectivity index (χ1) is 25.5. The first-order valence-corrected chi connectivity index (χ1v) is 18.7. The molecule has 6 aromatic heterocycles. The van der Waals surface area contributed by atoms with Gasteiger partial charge >= 0.3 is 11.4 Å². The van der Waals surface area contributed by atoms with E-state index < -0.39 is 0 Å². The van der Waals surface area contributed by atoms with E-state index in [0.29, 0.717) is 5.39 Å². The Hall–Kier alpha value is -5.40. The van der Waals surface area contributed by atoms with Crippen LogP contribution >= 0.6 is 0 Å². The second-order valence-corrected chi connectivity index (χ2v) is 18.0. The van der Waals surface area contributed by atoms with Crippen molar-refractivity contribution in [1.82, 2.24) is 47.3 Å². The fourth-order valence-corrected chi connectivity index (χ4v) is 5.72. The standard InChI is InChI=1S/C12H17N3O.C12H17N3.C9H14N2O2.C9H14N2O/c1-8-13-10-9(11(16)14(8)5)6-7-15(10)12(2,3)4;1-8-10-6-7-15(12(3,4)5)11(10)14-9(2)13-8;1-9(2,3)11-6-5-7(12)10(4)8(11)13;1-7-5-6-11(8(12)10-7)9(2,3)4/h6-7H,1-5H3;6-7H,1-5H3;5-6H,1-4H3;5-6H,1-4H3. The van der Waals surface area contributed by atoms with Gasteiger partial charge in [-0.2, -0.15) is 4.98 Å². The number of hydrogen-bond acceptors (Lipinski definition) is 8. The smallest absolute Gasteiger partial charge is 0.327 e. The number of rotatable bonds is 0. The second-order valence-electron chi connectivity index (χ2n) is 18.0. The SMILES string of the molecule is Cc1ccn(C(C)(C)C)c(=O)n1.Cc1nc(C)c2ccn(C(C)(C)C)c2n1.Cc1nc2c(ccn2C(C)(C)C)c(=O)n1C.Cn1c(=O)ccn(C(C)(C)C)c1=O. The monoisotopic (exact) mass is 770 g/mol. The first-order valence-electron chi connectivity index (χ1n) is 18.7. The van der Waals surface area contributed by atoms with Crippen molar-refractivity contribution < 1.29 is 0 Å². The number of fused-ring (bicyclic) bond motifs is 2. The molecule has 0 saturated heterocycles. The van der Waals surface area contributed by atoms with E-state index in [1.807, 2.05) is 92.1 Å². The quantitative estimate of drug-likeness (QED) is 0.177. The molecule has 56 heavy (non-hydrogen) atoms. The van der Waals surface area contributed by atoms with Crippen LogP contribution in [0.15, 0.2) is 68.2 Å². The summed E-state index contributed by atoms with van der Waals surface area (Å²) in [5.74, 6) is 1.57. The molecule has 304 valence electrons. The molecule has 14 nitrogen and oxygen atoms in total. The lowest BCUT2D eigenvalue weighted by Crippen LogP contribution is -2.42. The van der Waals surface area contributed by atoms with Crippen LogP contribution in [0.2, 0.25) is 0 Å². The van der Waals surface area contributed by atoms with Crippen LogP contribution in [0.1, 0.15) is 106 Å². The van der Waals surface area contributed by atoms with Crippen LogP contribution < -0.4 is 22.5 Å². The maximum absolute atomic E-state index is 12.0. The van der Waals surface area contributed by atoms with Crippen LogP contribution in [0.5, 0.6) is 0 Å². The van der Waals surface area contributed by atoms with E-state index in [2.05, 4.69) is 78.3 Å². The van der Waals surface area contributed by atoms with E-state index in [4.69, 9.17) is 0 Å². The summed E-state index contributed by atoms with van der Waals surface area (Å²) < 4.78 is 10.1. The maximum Gasteiger partial charge on any atom is 0.348 e. The first kappa shape index (κ1) is 45.0. The van der Waals surface area contributed by atoms with E-state index in [-0.39, 0.29) is 44.7 Å². The van der Waals surface area contributed by atoms with Crippen LogP contribution in [-0.4, -0.2) is 47.3 Å². The highest BCUT2D eigenvalue weighted by Gasteiger charge is 2.20. The van der Waals surface area contributed by atoms with Gasteiger partial charge < -0.3 is 9.13 Å². The highest BCUT2D eigenvalue weighted by atomic mass is 16.2. The Bertz CT molecular complexity index is 2570. The number of aromatic nitrogens is 10. The minimum absolute atomic E-state index is 0.0190. The zero-order valence-electron chi connectivity index (χ0n) is 36.7. The Morgan fingerprint density at radius 3 is 1.41 bits per heavy atom. The molecule has 6 aromatic rings. The van der Waals surface area contributed by atoms with Gasteiger partial charge in [-0.3, -0.25) is 27.9 Å². The van der Waals surface area contributed by atoms with E-state index in [1.54, 1.807) is 22.4 Å². The van der Waals surface area contributed by atoms with Crippen molar-refractivity contribution in [2.45, 2.75) is 133 Å². The molecule has 0 unspecified atom stereocenters. The summed E-state index contributed by atoms with van der Waals surface area (Å²) in [6.07, 6.45) is 7.33. The average Bonchev–Trinajstić information content (AvgIpc) is 3.67. The molecule has 0 atom stereocenters. The molecule has 0 spiro atoms. The summed E-state index contributed by atoms with van der Waals surface area (Å²) in [5.41, 5.74) is 2.45. The fourth-order valence-electron chi connectivity index (χ4n) is 5.72. The summed E-state index contributed by atoms with van der Waals surface area (Å²) in [6.45, 7) is 32.1. The Morgan fingerprint density at radius 2 is 0.929 bits per heavy atom. The van der Waals surface area contributed by atoms with Crippen molar-refractivity contribution in [1.29, 1.82) is 0 Å². The maximum atomic E-state index is 12.0. The summed E-state index contributed by atoms with van der Waals surface area (Å²) in [5, 5.41) is 1.83. The number of aryl methyl sites for hydroxylation is 4. The molecule has 0 aromatic carbocycles. The second kappa shape index (κ2) is 16.4. The van der Waals surface area contributed by atoms with E-state index >= 15 is 0 Å². The predicted octanol–water partition coefficient (Wildman–Crippen LogP) is 6.21. The molecular formula is C42H62N10O4. The van der Waals surface area contributed by atoms with Crippen molar-refractivity contribution >= 4 is 22.1 Å². The van der Waals surface area contributed by atoms with Gasteiger partial charge in [-0.15, -0.1) is 0 Å². The van der Waals surface area contributed by atoms with Gasteiger partial charge in [0.2, 0.25) is 0 Å². The number of hydrogen-bond donors (Lipinski definition) is 0. The molecule has 0 aliphatic rings. The highest BCUT2D eigenvalue weighted by molar-refractivity contribution is 5.79. The van der Waals surface area contributed by atoms with Crippen LogP contribution in [0.4, 0.5) is 0 Å². The van der Waals surface area contributed by atoms with Crippen LogP contribution in [0.25, 0.3) is 22.1 Å². The molecule has 0 N–H and O–H groups in total. The summed E-state index contributed by atoms with van der Waals surface area (Å²) in [7, 11) is 3.23. The molecule has 6 rings (SSSR count). The third-order valence-corrected chi connectivity index (χ3v) is 9.02. The molecule has 0 fully saturated rings. The van der Waals surface area contributed by atoms with Gasteiger partial charge in [-0.05, 0) is 129 Å². The average molecular weight is 771 g/mol. The third-order valence-electron chi connectivity index (χ3n) is 9.02. The molecule has 14 heteroatoms. The van der Waals surface area contributed by atoms with Crippen molar-refractivity contribution in [3.63, 3.8) is 0 Å². The van der Waals surface area contributed by atoms with Crippen LogP contribution in [-0.2, 0) is 36.3 Å². The van der Waals surface area contributed by atoms with Gasteiger partial charge in [0.25, 0.3) is 11.1 Å². The van der Waals surface area contributed by atoms with Gasteiger partial charge in [0, 0.05) is 78.2 Å². The Morgan fingerprint density at radius 1 is 0.482 bits per heavy atom. The molecule has 0 amide bonds. The van der Waals surface area contributed by atoms with Crippen molar-refractivity contribution in [2.24, 2.45) is 14.1 Å². The summed E-state index contributed by atoms with van der Waals surface area (Å²) >= 11 is 0. The van der Waals surface area contributed by atoms with Gasteiger partial charge in [-0.25, -0.2) is 24.5 Å². The van der Waals surface area contributed by atoms with E-state index in [1.165, 1.54) is 23.9 Å². The minimum atomic E-state index is -0.289. The lowest BCUT2D eigenvalue weighted by atomic mass is 10.1. The lowest BCUT2D eigenvalue weighted by Gasteiger charge is -2.22. The van der Waals surface area contributed by atoms with Crippen LogP contribution in [0.3, 0.4) is 0 Å². The molecule has 0 aliphatic carbocycles. The van der Waals surface area contributed by atoms with Crippen molar-refractivity contribution in [3.05, 3.63) is 114 Å². The normalized spacial score (nSPS) is 12.0. The topological polar surface area (TPSA) is 149 Å². The minimum Gasteiger partial charge on any atom is -0.327 e. The highest BCUT2D eigenvalue weighted by Crippen LogP contribution is 2.24. The number of nitrogens with zero attached hydrogens (tertiary/aromatic N) is 10. The Balaban J connectivity index is 0.000000202.